The van der Waals surface area contributed by atoms with Crippen LogP contribution in [0, 0.1) is 11.2 Å². The summed E-state index contributed by atoms with van der Waals surface area (Å²) in [5, 5.41) is 12.4. The Balaban J connectivity index is 0.000000695. The van der Waals surface area contributed by atoms with Crippen LogP contribution in [0.4, 0.5) is 10.3 Å². The second-order valence-electron chi connectivity index (χ2n) is 8.68. The van der Waals surface area contributed by atoms with Gasteiger partial charge in [0.05, 0.1) is 30.3 Å². The topological polar surface area (TPSA) is 143 Å². The molecule has 37 heavy (non-hydrogen) atoms. The van der Waals surface area contributed by atoms with E-state index in [0.717, 1.165) is 6.41 Å². The molecule has 1 aliphatic rings. The van der Waals surface area contributed by atoms with Crippen LogP contribution in [-0.4, -0.2) is 76.2 Å². The zero-order valence-corrected chi connectivity index (χ0v) is 20.8. The number of nitrogens with zero attached hydrogens (tertiary/aromatic N) is 4. The largest absolute Gasteiger partial charge is 0.481 e. The lowest BCUT2D eigenvalue weighted by molar-refractivity contribution is -0.236. The SMILES string of the molecule is C=CCNc1nccc(-c2[nH]c(C3OCC(C)(C(=O)O)CO3)nc2-c2ccc(F)cc2)n1.CN(C)C=O. The first kappa shape index (κ1) is 27.4. The molecule has 3 N–H and O–H groups in total. The van der Waals surface area contributed by atoms with Gasteiger partial charge in [-0.2, -0.15) is 0 Å². The van der Waals surface area contributed by atoms with E-state index in [9.17, 15) is 19.1 Å². The molecule has 0 saturated carbocycles. The fraction of sp³-hybridized carbons (Fsp3) is 0.320. The molecule has 2 aromatic heterocycles. The van der Waals surface area contributed by atoms with Gasteiger partial charge in [-0.3, -0.25) is 9.59 Å². The van der Waals surface area contributed by atoms with Crippen LogP contribution in [0.1, 0.15) is 19.0 Å². The Kier molecular flexibility index (Phi) is 9.04. The molecule has 0 bridgehead atoms. The molecule has 11 nitrogen and oxygen atoms in total. The van der Waals surface area contributed by atoms with Gasteiger partial charge >= 0.3 is 5.97 Å². The number of carbonyl (C=O) groups is 2. The molecule has 1 aromatic carbocycles. The summed E-state index contributed by atoms with van der Waals surface area (Å²) >= 11 is 0. The number of carboxylic acids is 1. The third-order valence-corrected chi connectivity index (χ3v) is 5.21. The van der Waals surface area contributed by atoms with Gasteiger partial charge in [-0.1, -0.05) is 6.08 Å². The van der Waals surface area contributed by atoms with Gasteiger partial charge in [0, 0.05) is 32.4 Å². The second kappa shape index (κ2) is 12.2. The first-order chi connectivity index (χ1) is 17.7. The Morgan fingerprint density at radius 2 is 1.92 bits per heavy atom. The Bertz CT molecular complexity index is 1220. The maximum absolute atomic E-state index is 13.5. The smallest absolute Gasteiger partial charge is 0.314 e. The van der Waals surface area contributed by atoms with Gasteiger partial charge < -0.3 is 29.8 Å². The molecule has 196 valence electrons. The van der Waals surface area contributed by atoms with Crippen molar-refractivity contribution in [3.63, 3.8) is 0 Å². The van der Waals surface area contributed by atoms with Gasteiger partial charge in [-0.15, -0.1) is 6.58 Å². The highest BCUT2D eigenvalue weighted by molar-refractivity contribution is 5.77. The molecule has 1 saturated heterocycles. The van der Waals surface area contributed by atoms with E-state index in [1.807, 2.05) is 0 Å². The highest BCUT2D eigenvalue weighted by Gasteiger charge is 2.41. The summed E-state index contributed by atoms with van der Waals surface area (Å²) < 4.78 is 24.8. The monoisotopic (exact) mass is 512 g/mol. The van der Waals surface area contributed by atoms with E-state index in [1.165, 1.54) is 17.0 Å². The van der Waals surface area contributed by atoms with E-state index in [1.54, 1.807) is 51.5 Å². The number of aromatic amines is 1. The first-order valence-electron chi connectivity index (χ1n) is 11.3. The predicted octanol–water partition coefficient (Wildman–Crippen LogP) is 3.11. The molecule has 1 fully saturated rings. The van der Waals surface area contributed by atoms with E-state index < -0.39 is 17.7 Å². The van der Waals surface area contributed by atoms with Crippen LogP contribution in [0.25, 0.3) is 22.6 Å². The van der Waals surface area contributed by atoms with Gasteiger partial charge in [0.15, 0.2) is 5.82 Å². The maximum atomic E-state index is 13.5. The van der Waals surface area contributed by atoms with Crippen molar-refractivity contribution in [2.45, 2.75) is 13.2 Å². The van der Waals surface area contributed by atoms with Gasteiger partial charge in [0.1, 0.15) is 11.2 Å². The van der Waals surface area contributed by atoms with Crippen molar-refractivity contribution in [1.29, 1.82) is 0 Å². The molecule has 3 heterocycles. The third-order valence-electron chi connectivity index (χ3n) is 5.21. The number of benzene rings is 1. The minimum Gasteiger partial charge on any atom is -0.481 e. The second-order valence-corrected chi connectivity index (χ2v) is 8.68. The van der Waals surface area contributed by atoms with Crippen molar-refractivity contribution in [3.8, 4) is 22.6 Å². The van der Waals surface area contributed by atoms with Crippen molar-refractivity contribution in [3.05, 3.63) is 60.8 Å². The Labute approximate surface area is 213 Å². The average Bonchev–Trinajstić information content (AvgIpc) is 3.34. The van der Waals surface area contributed by atoms with Crippen LogP contribution in [0.5, 0.6) is 0 Å². The predicted molar refractivity (Wildman–Crippen MR) is 134 cm³/mol. The normalized spacial score (nSPS) is 18.8. The summed E-state index contributed by atoms with van der Waals surface area (Å²) in [5.74, 6) is -0.600. The minimum atomic E-state index is -1.13. The van der Waals surface area contributed by atoms with Gasteiger partial charge in [-0.25, -0.2) is 19.3 Å². The van der Waals surface area contributed by atoms with Crippen molar-refractivity contribution in [1.82, 2.24) is 24.8 Å². The molecule has 3 aromatic rings. The number of H-pyrrole nitrogens is 1. The van der Waals surface area contributed by atoms with Gasteiger partial charge in [0.2, 0.25) is 18.6 Å². The van der Waals surface area contributed by atoms with Crippen LogP contribution in [0.2, 0.25) is 0 Å². The summed E-state index contributed by atoms with van der Waals surface area (Å²) in [7, 11) is 3.38. The van der Waals surface area contributed by atoms with Gasteiger partial charge in [0.25, 0.3) is 0 Å². The van der Waals surface area contributed by atoms with Crippen molar-refractivity contribution in [2.24, 2.45) is 5.41 Å². The number of hydrogen-bond acceptors (Lipinski definition) is 8. The van der Waals surface area contributed by atoms with E-state index in [2.05, 4.69) is 31.8 Å². The zero-order valence-electron chi connectivity index (χ0n) is 20.8. The van der Waals surface area contributed by atoms with E-state index >= 15 is 0 Å². The number of amides is 1. The number of aromatic nitrogens is 4. The molecule has 0 spiro atoms. The lowest BCUT2D eigenvalue weighted by atomic mass is 9.92. The number of halogens is 1. The molecule has 1 aliphatic heterocycles. The summed E-state index contributed by atoms with van der Waals surface area (Å²) in [6, 6.07) is 7.63. The first-order valence-corrected chi connectivity index (χ1v) is 11.3. The van der Waals surface area contributed by atoms with E-state index in [-0.39, 0.29) is 19.0 Å². The lowest BCUT2D eigenvalue weighted by Crippen LogP contribution is -2.42. The molecule has 0 radical (unpaired) electrons. The van der Waals surface area contributed by atoms with Crippen molar-refractivity contribution in [2.75, 3.05) is 39.2 Å². The number of imidazole rings is 1. The summed E-state index contributed by atoms with van der Waals surface area (Å²) in [6.45, 7) is 5.66. The van der Waals surface area contributed by atoms with Crippen LogP contribution in [0.15, 0.2) is 49.2 Å². The molecule has 4 rings (SSSR count). The molecule has 12 heteroatoms. The lowest BCUT2D eigenvalue weighted by Gasteiger charge is -2.33. The number of rotatable bonds is 8. The van der Waals surface area contributed by atoms with Crippen LogP contribution >= 0.6 is 0 Å². The molecule has 0 unspecified atom stereocenters. The van der Waals surface area contributed by atoms with E-state index in [0.29, 0.717) is 41.0 Å². The summed E-state index contributed by atoms with van der Waals surface area (Å²) in [6.07, 6.45) is 3.17. The highest BCUT2D eigenvalue weighted by Crippen LogP contribution is 2.35. The summed E-state index contributed by atoms with van der Waals surface area (Å²) in [5.41, 5.74) is 1.16. The number of carbonyl (C=O) groups excluding carboxylic acids is 1. The molecule has 1 amide bonds. The van der Waals surface area contributed by atoms with Gasteiger partial charge in [-0.05, 0) is 37.3 Å². The summed E-state index contributed by atoms with van der Waals surface area (Å²) in [4.78, 5) is 38.8. The van der Waals surface area contributed by atoms with Crippen LogP contribution in [0.3, 0.4) is 0 Å². The fourth-order valence-corrected chi connectivity index (χ4v) is 3.14. The van der Waals surface area contributed by atoms with Crippen molar-refractivity contribution < 1.29 is 28.6 Å². The maximum Gasteiger partial charge on any atom is 0.314 e. The Hall–Kier alpha value is -4.16. The quantitative estimate of drug-likeness (QED) is 0.306. The number of aliphatic carboxylic acids is 1. The Morgan fingerprint density at radius 3 is 2.49 bits per heavy atom. The average molecular weight is 513 g/mol. The molecular weight excluding hydrogens is 483 g/mol. The fourth-order valence-electron chi connectivity index (χ4n) is 3.14. The van der Waals surface area contributed by atoms with Crippen LogP contribution < -0.4 is 5.32 Å². The highest BCUT2D eigenvalue weighted by atomic mass is 19.1. The number of anilines is 1. The standard InChI is InChI=1S/C22H22FN5O4.C3H7NO/c1-3-9-24-21-25-10-8-15(26-21)17-16(13-4-6-14(23)7-5-13)27-18(28-17)19-31-11-22(2,12-32-19)20(29)30;1-4(2)3-5/h3-8,10,19H,1,9,11-12H2,2H3,(H,27,28)(H,29,30)(H,24,25,26);3H,1-2H3. The number of ether oxygens (including phenoxy) is 2. The Morgan fingerprint density at radius 1 is 1.27 bits per heavy atom. The third kappa shape index (κ3) is 6.96. The minimum absolute atomic E-state index is 0.0297. The van der Waals surface area contributed by atoms with Crippen LogP contribution in [-0.2, 0) is 19.1 Å². The molecule has 0 atom stereocenters. The number of nitrogens with one attached hydrogen (secondary N) is 2. The van der Waals surface area contributed by atoms with E-state index in [4.69, 9.17) is 9.47 Å². The molecule has 0 aliphatic carbocycles. The molecular formula is C25H29FN6O5. The number of hydrogen-bond donors (Lipinski definition) is 3. The zero-order chi connectivity index (χ0) is 27.0. The number of carboxylic acid groups (broad SMARTS) is 1. The van der Waals surface area contributed by atoms with Crippen molar-refractivity contribution >= 4 is 18.3 Å².